The SMILES string of the molecule is CC[C@@H](C(=O)NCC(C)C)N(Cc1ccc(Cl)c(Cl)c1)C(=O)CCCOc1ccc(C)cc1. The fourth-order valence-corrected chi connectivity index (χ4v) is 3.69. The molecule has 1 atom stereocenters. The number of benzene rings is 2. The molecule has 1 N–H and O–H groups in total. The van der Waals surface area contributed by atoms with Crippen LogP contribution < -0.4 is 10.1 Å². The summed E-state index contributed by atoms with van der Waals surface area (Å²) in [5.74, 6) is 0.862. The van der Waals surface area contributed by atoms with E-state index in [0.717, 1.165) is 16.9 Å². The fraction of sp³-hybridized carbons (Fsp3) is 0.462. The Balaban J connectivity index is 2.08. The Bertz CT molecular complexity index is 916. The third-order valence-corrected chi connectivity index (χ3v) is 5.97. The molecular weight excluding hydrogens is 459 g/mol. The van der Waals surface area contributed by atoms with Gasteiger partial charge < -0.3 is 15.0 Å². The van der Waals surface area contributed by atoms with Crippen LogP contribution in [0.4, 0.5) is 0 Å². The van der Waals surface area contributed by atoms with Gasteiger partial charge in [-0.15, -0.1) is 0 Å². The highest BCUT2D eigenvalue weighted by Gasteiger charge is 2.28. The number of halogens is 2. The first-order chi connectivity index (χ1) is 15.7. The summed E-state index contributed by atoms with van der Waals surface area (Å²) in [6.07, 6.45) is 1.34. The first-order valence-corrected chi connectivity index (χ1v) is 12.2. The zero-order chi connectivity index (χ0) is 24.4. The van der Waals surface area contributed by atoms with E-state index in [1.807, 2.05) is 58.0 Å². The van der Waals surface area contributed by atoms with E-state index in [1.54, 1.807) is 17.0 Å². The molecule has 2 aromatic rings. The summed E-state index contributed by atoms with van der Waals surface area (Å²) >= 11 is 12.2. The number of hydrogen-bond donors (Lipinski definition) is 1. The van der Waals surface area contributed by atoms with Crippen LogP contribution in [0.1, 0.15) is 51.2 Å². The second kappa shape index (κ2) is 13.5. The van der Waals surface area contributed by atoms with Crippen LogP contribution in [0.5, 0.6) is 5.75 Å². The molecule has 0 radical (unpaired) electrons. The lowest BCUT2D eigenvalue weighted by molar-refractivity contribution is -0.141. The monoisotopic (exact) mass is 492 g/mol. The van der Waals surface area contributed by atoms with E-state index < -0.39 is 6.04 Å². The fourth-order valence-electron chi connectivity index (χ4n) is 3.37. The molecule has 0 fully saturated rings. The van der Waals surface area contributed by atoms with Crippen LogP contribution in [0.25, 0.3) is 0 Å². The maximum atomic E-state index is 13.2. The average molecular weight is 493 g/mol. The van der Waals surface area contributed by atoms with Gasteiger partial charge in [0.2, 0.25) is 11.8 Å². The Kier molecular flexibility index (Phi) is 11.0. The second-order valence-electron chi connectivity index (χ2n) is 8.60. The first kappa shape index (κ1) is 27.0. The van der Waals surface area contributed by atoms with Crippen LogP contribution in [0.15, 0.2) is 42.5 Å². The number of aryl methyl sites for hydroxylation is 1. The molecule has 0 aliphatic carbocycles. The minimum Gasteiger partial charge on any atom is -0.494 e. The molecule has 0 heterocycles. The van der Waals surface area contributed by atoms with Crippen molar-refractivity contribution in [2.75, 3.05) is 13.2 Å². The highest BCUT2D eigenvalue weighted by Crippen LogP contribution is 2.24. The zero-order valence-electron chi connectivity index (χ0n) is 19.9. The van der Waals surface area contributed by atoms with Crippen molar-refractivity contribution < 1.29 is 14.3 Å². The number of nitrogens with zero attached hydrogens (tertiary/aromatic N) is 1. The molecule has 0 unspecified atom stereocenters. The number of amides is 2. The van der Waals surface area contributed by atoms with E-state index in [-0.39, 0.29) is 24.8 Å². The van der Waals surface area contributed by atoms with Gasteiger partial charge in [0, 0.05) is 19.5 Å². The van der Waals surface area contributed by atoms with Gasteiger partial charge in [0.25, 0.3) is 0 Å². The van der Waals surface area contributed by atoms with Crippen molar-refractivity contribution >= 4 is 35.0 Å². The van der Waals surface area contributed by atoms with Gasteiger partial charge in [0.05, 0.1) is 16.7 Å². The zero-order valence-corrected chi connectivity index (χ0v) is 21.4. The maximum absolute atomic E-state index is 13.2. The molecule has 2 amide bonds. The van der Waals surface area contributed by atoms with Gasteiger partial charge in [-0.2, -0.15) is 0 Å². The molecule has 0 saturated carbocycles. The van der Waals surface area contributed by atoms with Crippen LogP contribution in [0, 0.1) is 12.8 Å². The summed E-state index contributed by atoms with van der Waals surface area (Å²) in [7, 11) is 0. The van der Waals surface area contributed by atoms with Crippen molar-refractivity contribution in [1.29, 1.82) is 0 Å². The van der Waals surface area contributed by atoms with Crippen molar-refractivity contribution in [2.24, 2.45) is 5.92 Å². The van der Waals surface area contributed by atoms with E-state index in [4.69, 9.17) is 27.9 Å². The Morgan fingerprint density at radius 3 is 2.36 bits per heavy atom. The third-order valence-electron chi connectivity index (χ3n) is 5.23. The Morgan fingerprint density at radius 2 is 1.76 bits per heavy atom. The highest BCUT2D eigenvalue weighted by atomic mass is 35.5. The van der Waals surface area contributed by atoms with Crippen LogP contribution in [0.2, 0.25) is 10.0 Å². The van der Waals surface area contributed by atoms with Crippen LogP contribution in [-0.2, 0) is 16.1 Å². The predicted molar refractivity (Wildman–Crippen MR) is 135 cm³/mol. The van der Waals surface area contributed by atoms with Gasteiger partial charge in [-0.05, 0) is 55.5 Å². The predicted octanol–water partition coefficient (Wildman–Crippen LogP) is 6.04. The standard InChI is InChI=1S/C26H34Cl2N2O3/c1-5-24(26(32)29-16-18(2)3)30(17-20-10-13-22(27)23(28)15-20)25(31)7-6-14-33-21-11-8-19(4)9-12-21/h8-13,15,18,24H,5-7,14,16-17H2,1-4H3,(H,29,32)/t24-/m0/s1. The molecule has 180 valence electrons. The Morgan fingerprint density at radius 1 is 1.06 bits per heavy atom. The number of nitrogens with one attached hydrogen (secondary N) is 1. The lowest BCUT2D eigenvalue weighted by atomic mass is 10.1. The van der Waals surface area contributed by atoms with E-state index in [0.29, 0.717) is 42.0 Å². The summed E-state index contributed by atoms with van der Waals surface area (Å²) in [6, 6.07) is 12.5. The normalized spacial score (nSPS) is 11.8. The van der Waals surface area contributed by atoms with Gasteiger partial charge in [-0.25, -0.2) is 0 Å². The summed E-state index contributed by atoms with van der Waals surface area (Å²) < 4.78 is 5.76. The average Bonchev–Trinajstić information content (AvgIpc) is 2.78. The largest absolute Gasteiger partial charge is 0.494 e. The summed E-state index contributed by atoms with van der Waals surface area (Å²) in [5, 5.41) is 3.84. The molecule has 0 bridgehead atoms. The molecule has 0 aromatic heterocycles. The van der Waals surface area contributed by atoms with Gasteiger partial charge in [-0.1, -0.05) is 67.7 Å². The number of rotatable bonds is 12. The Labute approximate surface area is 207 Å². The minimum atomic E-state index is -0.566. The van der Waals surface area contributed by atoms with E-state index in [1.165, 1.54) is 0 Å². The molecule has 0 aliphatic heterocycles. The quantitative estimate of drug-likeness (QED) is 0.367. The number of carbonyl (C=O) groups excluding carboxylic acids is 2. The first-order valence-electron chi connectivity index (χ1n) is 11.4. The number of carbonyl (C=O) groups is 2. The van der Waals surface area contributed by atoms with Crippen LogP contribution >= 0.6 is 23.2 Å². The molecule has 0 saturated heterocycles. The summed E-state index contributed by atoms with van der Waals surface area (Å²) in [5.41, 5.74) is 1.99. The molecule has 5 nitrogen and oxygen atoms in total. The summed E-state index contributed by atoms with van der Waals surface area (Å²) in [4.78, 5) is 27.8. The molecule has 2 aromatic carbocycles. The molecule has 0 spiro atoms. The lowest BCUT2D eigenvalue weighted by Crippen LogP contribution is -2.49. The highest BCUT2D eigenvalue weighted by molar-refractivity contribution is 6.42. The van der Waals surface area contributed by atoms with Gasteiger partial charge in [0.1, 0.15) is 11.8 Å². The van der Waals surface area contributed by atoms with Crippen LogP contribution in [-0.4, -0.2) is 35.9 Å². The van der Waals surface area contributed by atoms with Crippen molar-refractivity contribution in [3.05, 3.63) is 63.6 Å². The molecule has 0 aliphatic rings. The molecular formula is C26H34Cl2N2O3. The van der Waals surface area contributed by atoms with Crippen molar-refractivity contribution in [2.45, 2.75) is 59.5 Å². The second-order valence-corrected chi connectivity index (χ2v) is 9.41. The van der Waals surface area contributed by atoms with E-state index in [2.05, 4.69) is 5.32 Å². The third kappa shape index (κ3) is 8.90. The topological polar surface area (TPSA) is 58.6 Å². The van der Waals surface area contributed by atoms with Gasteiger partial charge in [-0.3, -0.25) is 9.59 Å². The van der Waals surface area contributed by atoms with Gasteiger partial charge in [0.15, 0.2) is 0 Å². The summed E-state index contributed by atoms with van der Waals surface area (Å²) in [6.45, 7) is 9.27. The van der Waals surface area contributed by atoms with E-state index in [9.17, 15) is 9.59 Å². The number of hydrogen-bond acceptors (Lipinski definition) is 3. The molecule has 7 heteroatoms. The number of ether oxygens (including phenoxy) is 1. The smallest absolute Gasteiger partial charge is 0.242 e. The van der Waals surface area contributed by atoms with Gasteiger partial charge >= 0.3 is 0 Å². The van der Waals surface area contributed by atoms with Crippen molar-refractivity contribution in [3.63, 3.8) is 0 Å². The maximum Gasteiger partial charge on any atom is 0.242 e. The van der Waals surface area contributed by atoms with E-state index >= 15 is 0 Å². The van der Waals surface area contributed by atoms with Crippen LogP contribution in [0.3, 0.4) is 0 Å². The Hall–Kier alpha value is -2.24. The van der Waals surface area contributed by atoms with Crippen molar-refractivity contribution in [1.82, 2.24) is 10.2 Å². The molecule has 33 heavy (non-hydrogen) atoms. The molecule has 2 rings (SSSR count). The lowest BCUT2D eigenvalue weighted by Gasteiger charge is -2.31. The minimum absolute atomic E-state index is 0.0971. The van der Waals surface area contributed by atoms with Crippen molar-refractivity contribution in [3.8, 4) is 5.75 Å².